The van der Waals surface area contributed by atoms with Crippen LogP contribution in [0.3, 0.4) is 0 Å². The minimum Gasteiger partial charge on any atom is -0.476 e. The van der Waals surface area contributed by atoms with Gasteiger partial charge in [-0.3, -0.25) is 4.90 Å². The third-order valence-electron chi connectivity index (χ3n) is 3.23. The van der Waals surface area contributed by atoms with Crippen LogP contribution >= 0.6 is 11.3 Å². The number of rotatable bonds is 3. The van der Waals surface area contributed by atoms with Gasteiger partial charge in [0.25, 0.3) is 0 Å². The van der Waals surface area contributed by atoms with Gasteiger partial charge in [0.1, 0.15) is 5.01 Å². The van der Waals surface area contributed by atoms with E-state index in [0.29, 0.717) is 12.1 Å². The Labute approximate surface area is 105 Å². The smallest absolute Gasteiger partial charge is 0.355 e. The molecule has 0 aliphatic carbocycles. The van der Waals surface area contributed by atoms with Gasteiger partial charge in [0.15, 0.2) is 5.69 Å². The lowest BCUT2D eigenvalue weighted by molar-refractivity contribution is 0.0689. The molecule has 1 aromatic heterocycles. The lowest BCUT2D eigenvalue weighted by Crippen LogP contribution is -2.38. The van der Waals surface area contributed by atoms with Crippen molar-refractivity contribution in [2.75, 3.05) is 6.54 Å². The summed E-state index contributed by atoms with van der Waals surface area (Å²) in [5.41, 5.74) is 0.180. The first-order valence-corrected chi connectivity index (χ1v) is 6.92. The van der Waals surface area contributed by atoms with Crippen LogP contribution < -0.4 is 0 Å². The SMILES string of the molecule is CC(C)N1CCCCC1c1nc(C(=O)O)cs1. The Balaban J connectivity index is 2.20. The summed E-state index contributed by atoms with van der Waals surface area (Å²) in [6.45, 7) is 5.46. The summed E-state index contributed by atoms with van der Waals surface area (Å²) < 4.78 is 0. The normalized spacial score (nSPS) is 21.9. The minimum absolute atomic E-state index is 0.180. The van der Waals surface area contributed by atoms with Gasteiger partial charge in [-0.05, 0) is 33.2 Å². The molecule has 2 heterocycles. The van der Waals surface area contributed by atoms with Crippen LogP contribution in [0.2, 0.25) is 0 Å². The molecule has 1 fully saturated rings. The molecule has 1 atom stereocenters. The maximum atomic E-state index is 10.8. The van der Waals surface area contributed by atoms with Gasteiger partial charge in [-0.15, -0.1) is 11.3 Å². The maximum Gasteiger partial charge on any atom is 0.355 e. The van der Waals surface area contributed by atoms with E-state index < -0.39 is 5.97 Å². The first-order chi connectivity index (χ1) is 8.09. The highest BCUT2D eigenvalue weighted by Crippen LogP contribution is 2.33. The van der Waals surface area contributed by atoms with Gasteiger partial charge in [0.2, 0.25) is 0 Å². The fourth-order valence-corrected chi connectivity index (χ4v) is 3.32. The zero-order valence-corrected chi connectivity index (χ0v) is 11.0. The summed E-state index contributed by atoms with van der Waals surface area (Å²) in [4.78, 5) is 17.5. The van der Waals surface area contributed by atoms with Crippen LogP contribution in [0, 0.1) is 0 Å². The molecule has 2 rings (SSSR count). The Morgan fingerprint density at radius 2 is 2.35 bits per heavy atom. The quantitative estimate of drug-likeness (QED) is 0.901. The number of likely N-dealkylation sites (tertiary alicyclic amines) is 1. The monoisotopic (exact) mass is 254 g/mol. The fourth-order valence-electron chi connectivity index (χ4n) is 2.38. The number of aromatic nitrogens is 1. The third-order valence-corrected chi connectivity index (χ3v) is 4.18. The number of carbonyl (C=O) groups is 1. The highest BCUT2D eigenvalue weighted by atomic mass is 32.1. The van der Waals surface area contributed by atoms with Crippen LogP contribution in [0.15, 0.2) is 5.38 Å². The molecule has 4 nitrogen and oxygen atoms in total. The number of nitrogens with zero attached hydrogens (tertiary/aromatic N) is 2. The van der Waals surface area contributed by atoms with Gasteiger partial charge in [-0.2, -0.15) is 0 Å². The van der Waals surface area contributed by atoms with E-state index in [-0.39, 0.29) is 5.69 Å². The number of thiazole rings is 1. The van der Waals surface area contributed by atoms with Crippen molar-refractivity contribution in [2.24, 2.45) is 0 Å². The topological polar surface area (TPSA) is 53.4 Å². The Morgan fingerprint density at radius 3 is 2.94 bits per heavy atom. The molecule has 0 bridgehead atoms. The molecule has 1 aromatic rings. The van der Waals surface area contributed by atoms with Crippen molar-refractivity contribution in [3.8, 4) is 0 Å². The van der Waals surface area contributed by atoms with Crippen molar-refractivity contribution in [2.45, 2.75) is 45.2 Å². The van der Waals surface area contributed by atoms with Gasteiger partial charge in [-0.1, -0.05) is 6.42 Å². The van der Waals surface area contributed by atoms with E-state index in [1.807, 2.05) is 0 Å². The zero-order chi connectivity index (χ0) is 12.4. The van der Waals surface area contributed by atoms with Gasteiger partial charge < -0.3 is 5.11 Å². The number of piperidine rings is 1. The van der Waals surface area contributed by atoms with Gasteiger partial charge in [0, 0.05) is 11.4 Å². The maximum absolute atomic E-state index is 10.8. The molecule has 1 unspecified atom stereocenters. The summed E-state index contributed by atoms with van der Waals surface area (Å²) in [7, 11) is 0. The van der Waals surface area contributed by atoms with E-state index in [2.05, 4.69) is 23.7 Å². The Hall–Kier alpha value is -0.940. The van der Waals surface area contributed by atoms with E-state index in [1.165, 1.54) is 24.2 Å². The van der Waals surface area contributed by atoms with Crippen molar-refractivity contribution >= 4 is 17.3 Å². The lowest BCUT2D eigenvalue weighted by atomic mass is 10.0. The second-order valence-corrected chi connectivity index (χ2v) is 5.61. The molecule has 1 aliphatic rings. The summed E-state index contributed by atoms with van der Waals surface area (Å²) in [6.07, 6.45) is 3.52. The average Bonchev–Trinajstić information content (AvgIpc) is 2.78. The van der Waals surface area contributed by atoms with Gasteiger partial charge >= 0.3 is 5.97 Å². The molecule has 0 saturated carbocycles. The number of aromatic carboxylic acids is 1. The highest BCUT2D eigenvalue weighted by molar-refractivity contribution is 7.09. The number of carboxylic acid groups (broad SMARTS) is 1. The second-order valence-electron chi connectivity index (χ2n) is 4.72. The number of hydrogen-bond acceptors (Lipinski definition) is 4. The molecular formula is C12H18N2O2S. The largest absolute Gasteiger partial charge is 0.476 e. The molecule has 17 heavy (non-hydrogen) atoms. The first-order valence-electron chi connectivity index (χ1n) is 6.04. The van der Waals surface area contributed by atoms with Crippen LogP contribution in [-0.2, 0) is 0 Å². The highest BCUT2D eigenvalue weighted by Gasteiger charge is 2.28. The second kappa shape index (κ2) is 5.14. The molecule has 5 heteroatoms. The predicted molar refractivity (Wildman–Crippen MR) is 67.5 cm³/mol. The van der Waals surface area contributed by atoms with Crippen LogP contribution in [0.25, 0.3) is 0 Å². The van der Waals surface area contributed by atoms with Crippen LogP contribution in [-0.4, -0.2) is 33.5 Å². The van der Waals surface area contributed by atoms with Crippen molar-refractivity contribution in [3.05, 3.63) is 16.1 Å². The lowest BCUT2D eigenvalue weighted by Gasteiger charge is -2.37. The molecule has 94 valence electrons. The fraction of sp³-hybridized carbons (Fsp3) is 0.667. The zero-order valence-electron chi connectivity index (χ0n) is 10.2. The molecule has 0 amide bonds. The Bertz CT molecular complexity index is 403. The Morgan fingerprint density at radius 1 is 1.59 bits per heavy atom. The third kappa shape index (κ3) is 2.66. The summed E-state index contributed by atoms with van der Waals surface area (Å²) in [6, 6.07) is 0.791. The molecule has 0 radical (unpaired) electrons. The van der Waals surface area contributed by atoms with Gasteiger partial charge in [-0.25, -0.2) is 9.78 Å². The van der Waals surface area contributed by atoms with Gasteiger partial charge in [0.05, 0.1) is 6.04 Å². The molecule has 0 spiro atoms. The van der Waals surface area contributed by atoms with Crippen LogP contribution in [0.1, 0.15) is 54.6 Å². The summed E-state index contributed by atoms with van der Waals surface area (Å²) in [5.74, 6) is -0.931. The first kappa shape index (κ1) is 12.5. The van der Waals surface area contributed by atoms with Crippen molar-refractivity contribution in [1.82, 2.24) is 9.88 Å². The molecule has 0 aromatic carbocycles. The summed E-state index contributed by atoms with van der Waals surface area (Å²) >= 11 is 1.47. The summed E-state index contributed by atoms with van der Waals surface area (Å²) in [5, 5.41) is 11.5. The standard InChI is InChI=1S/C12H18N2O2S/c1-8(2)14-6-4-3-5-10(14)11-13-9(7-17-11)12(15)16/h7-8,10H,3-6H2,1-2H3,(H,15,16). The van der Waals surface area contributed by atoms with Crippen LogP contribution in [0.5, 0.6) is 0 Å². The predicted octanol–water partition coefficient (Wildman–Crippen LogP) is 2.78. The molecule has 1 N–H and O–H groups in total. The van der Waals surface area contributed by atoms with E-state index >= 15 is 0 Å². The van der Waals surface area contributed by atoms with E-state index in [4.69, 9.17) is 5.11 Å². The van der Waals surface area contributed by atoms with E-state index in [9.17, 15) is 4.79 Å². The van der Waals surface area contributed by atoms with E-state index in [1.54, 1.807) is 5.38 Å². The Kier molecular flexibility index (Phi) is 3.79. The minimum atomic E-state index is -0.931. The van der Waals surface area contributed by atoms with Crippen LogP contribution in [0.4, 0.5) is 0 Å². The molecule has 1 aliphatic heterocycles. The van der Waals surface area contributed by atoms with Crippen molar-refractivity contribution in [3.63, 3.8) is 0 Å². The molecule has 1 saturated heterocycles. The van der Waals surface area contributed by atoms with Crippen molar-refractivity contribution in [1.29, 1.82) is 0 Å². The number of carboxylic acids is 1. The van der Waals surface area contributed by atoms with E-state index in [0.717, 1.165) is 18.0 Å². The molecular weight excluding hydrogens is 236 g/mol. The van der Waals surface area contributed by atoms with Crippen molar-refractivity contribution < 1.29 is 9.90 Å². The average molecular weight is 254 g/mol. The number of hydrogen-bond donors (Lipinski definition) is 1.